The van der Waals surface area contributed by atoms with Gasteiger partial charge in [0.25, 0.3) is 0 Å². The molecule has 1 aliphatic heterocycles. The summed E-state index contributed by atoms with van der Waals surface area (Å²) in [7, 11) is 0. The molecule has 14 heavy (non-hydrogen) atoms. The summed E-state index contributed by atoms with van der Waals surface area (Å²) in [6, 6.07) is 8.68. The van der Waals surface area contributed by atoms with Gasteiger partial charge in [-0.1, -0.05) is 18.2 Å². The third-order valence-electron chi connectivity index (χ3n) is 2.46. The van der Waals surface area contributed by atoms with Crippen LogP contribution in [0.15, 0.2) is 29.2 Å². The third-order valence-corrected chi connectivity index (χ3v) is 3.90. The van der Waals surface area contributed by atoms with Crippen LogP contribution in [-0.4, -0.2) is 24.7 Å². The highest BCUT2D eigenvalue weighted by molar-refractivity contribution is 7.99. The van der Waals surface area contributed by atoms with Gasteiger partial charge in [0.1, 0.15) is 0 Å². The molecule has 3 heteroatoms. The lowest BCUT2D eigenvalue weighted by Gasteiger charge is -2.10. The summed E-state index contributed by atoms with van der Waals surface area (Å²) >= 11 is 7.58. The van der Waals surface area contributed by atoms with Crippen molar-refractivity contribution in [1.82, 2.24) is 5.32 Å². The monoisotopic (exact) mass is 227 g/mol. The first-order valence-corrected chi connectivity index (χ1v) is 6.42. The van der Waals surface area contributed by atoms with Crippen LogP contribution >= 0.6 is 23.4 Å². The molecule has 0 fully saturated rings. The zero-order chi connectivity index (χ0) is 9.80. The maximum absolute atomic E-state index is 5.62. The minimum absolute atomic E-state index is 0.666. The third kappa shape index (κ3) is 2.25. The molecule has 76 valence electrons. The molecule has 1 atom stereocenters. The van der Waals surface area contributed by atoms with Gasteiger partial charge in [-0.15, -0.1) is 23.4 Å². The van der Waals surface area contributed by atoms with Gasteiger partial charge >= 0.3 is 0 Å². The highest BCUT2D eigenvalue weighted by Crippen LogP contribution is 2.38. The fourth-order valence-corrected chi connectivity index (χ4v) is 3.13. The number of alkyl halides is 1. The van der Waals surface area contributed by atoms with Gasteiger partial charge in [-0.2, -0.15) is 0 Å². The maximum Gasteiger partial charge on any atom is 0.0348 e. The van der Waals surface area contributed by atoms with Crippen molar-refractivity contribution in [3.63, 3.8) is 0 Å². The average Bonchev–Trinajstić information content (AvgIpc) is 2.63. The van der Waals surface area contributed by atoms with Gasteiger partial charge in [-0.05, 0) is 11.6 Å². The summed E-state index contributed by atoms with van der Waals surface area (Å²) in [4.78, 5) is 1.45. The number of thioether (sulfide) groups is 1. The highest BCUT2D eigenvalue weighted by atomic mass is 35.5. The van der Waals surface area contributed by atoms with Crippen molar-refractivity contribution >= 4 is 23.4 Å². The second kappa shape index (κ2) is 5.06. The van der Waals surface area contributed by atoms with Crippen molar-refractivity contribution in [2.75, 3.05) is 24.7 Å². The SMILES string of the molecule is ClCCNCC1CSc2ccccc21. The van der Waals surface area contributed by atoms with Crippen molar-refractivity contribution in [1.29, 1.82) is 0 Å². The first kappa shape index (κ1) is 10.3. The quantitative estimate of drug-likeness (QED) is 0.627. The van der Waals surface area contributed by atoms with Gasteiger partial charge < -0.3 is 5.32 Å². The van der Waals surface area contributed by atoms with Crippen LogP contribution in [0.25, 0.3) is 0 Å². The Morgan fingerprint density at radius 1 is 1.43 bits per heavy atom. The number of halogens is 1. The highest BCUT2D eigenvalue weighted by Gasteiger charge is 2.21. The van der Waals surface area contributed by atoms with Crippen LogP contribution in [0, 0.1) is 0 Å². The number of nitrogens with one attached hydrogen (secondary N) is 1. The number of benzene rings is 1. The molecule has 2 rings (SSSR count). The molecule has 0 amide bonds. The second-order valence-corrected chi connectivity index (χ2v) is 4.88. The van der Waals surface area contributed by atoms with Gasteiger partial charge in [-0.3, -0.25) is 0 Å². The molecule has 1 aromatic carbocycles. The Kier molecular flexibility index (Phi) is 3.74. The Balaban J connectivity index is 1.96. The Labute approximate surface area is 94.2 Å². The van der Waals surface area contributed by atoms with Gasteiger partial charge in [0.2, 0.25) is 0 Å². The maximum atomic E-state index is 5.62. The van der Waals surface area contributed by atoms with E-state index in [1.165, 1.54) is 16.2 Å². The van der Waals surface area contributed by atoms with E-state index in [9.17, 15) is 0 Å². The molecule has 1 heterocycles. The van der Waals surface area contributed by atoms with Gasteiger partial charge in [0.15, 0.2) is 0 Å². The molecule has 1 aromatic rings. The van der Waals surface area contributed by atoms with Crippen LogP contribution in [0.3, 0.4) is 0 Å². The summed E-state index contributed by atoms with van der Waals surface area (Å²) < 4.78 is 0. The van der Waals surface area contributed by atoms with E-state index in [1.54, 1.807) is 0 Å². The van der Waals surface area contributed by atoms with E-state index in [0.717, 1.165) is 13.1 Å². The minimum atomic E-state index is 0.666. The predicted molar refractivity (Wildman–Crippen MR) is 63.5 cm³/mol. The molecule has 1 aliphatic rings. The van der Waals surface area contributed by atoms with E-state index < -0.39 is 0 Å². The van der Waals surface area contributed by atoms with Crippen LogP contribution in [0.5, 0.6) is 0 Å². The Bertz CT molecular complexity index is 303. The van der Waals surface area contributed by atoms with E-state index in [4.69, 9.17) is 11.6 Å². The molecule has 0 saturated carbocycles. The van der Waals surface area contributed by atoms with Crippen LogP contribution in [0.2, 0.25) is 0 Å². The van der Waals surface area contributed by atoms with Gasteiger partial charge in [0.05, 0.1) is 0 Å². The number of fused-ring (bicyclic) bond motifs is 1. The summed E-state index contributed by atoms with van der Waals surface area (Å²) in [6.07, 6.45) is 0. The molecule has 1 N–H and O–H groups in total. The minimum Gasteiger partial charge on any atom is -0.315 e. The van der Waals surface area contributed by atoms with Crippen molar-refractivity contribution < 1.29 is 0 Å². The molecule has 0 saturated heterocycles. The summed E-state index contributed by atoms with van der Waals surface area (Å²) in [5.74, 6) is 2.57. The van der Waals surface area contributed by atoms with Gasteiger partial charge in [-0.25, -0.2) is 0 Å². The Morgan fingerprint density at radius 3 is 3.14 bits per heavy atom. The molecule has 1 unspecified atom stereocenters. The fraction of sp³-hybridized carbons (Fsp3) is 0.455. The van der Waals surface area contributed by atoms with E-state index in [-0.39, 0.29) is 0 Å². The van der Waals surface area contributed by atoms with E-state index >= 15 is 0 Å². The largest absolute Gasteiger partial charge is 0.315 e. The standard InChI is InChI=1S/C11H14ClNS/c12-5-6-13-7-9-8-14-11-4-2-1-3-10(9)11/h1-4,9,13H,5-8H2. The van der Waals surface area contributed by atoms with Crippen LogP contribution in [0.4, 0.5) is 0 Å². The van der Waals surface area contributed by atoms with Crippen molar-refractivity contribution in [3.8, 4) is 0 Å². The lowest BCUT2D eigenvalue weighted by molar-refractivity contribution is 0.644. The topological polar surface area (TPSA) is 12.0 Å². The van der Waals surface area contributed by atoms with E-state index in [2.05, 4.69) is 29.6 Å². The van der Waals surface area contributed by atoms with Crippen molar-refractivity contribution in [2.24, 2.45) is 0 Å². The van der Waals surface area contributed by atoms with Crippen molar-refractivity contribution in [3.05, 3.63) is 29.8 Å². The van der Waals surface area contributed by atoms with E-state index in [1.807, 2.05) is 11.8 Å². The number of hydrogen-bond acceptors (Lipinski definition) is 2. The Hall–Kier alpha value is -0.180. The number of rotatable bonds is 4. The molecule has 0 aliphatic carbocycles. The smallest absolute Gasteiger partial charge is 0.0348 e. The molecule has 0 aromatic heterocycles. The predicted octanol–water partition coefficient (Wildman–Crippen LogP) is 2.70. The summed E-state index contributed by atoms with van der Waals surface area (Å²) in [5, 5.41) is 3.37. The van der Waals surface area contributed by atoms with Crippen molar-refractivity contribution in [2.45, 2.75) is 10.8 Å². The van der Waals surface area contributed by atoms with Crippen LogP contribution < -0.4 is 5.32 Å². The summed E-state index contributed by atoms with van der Waals surface area (Å²) in [6.45, 7) is 1.96. The van der Waals surface area contributed by atoms with Crippen LogP contribution in [-0.2, 0) is 0 Å². The fourth-order valence-electron chi connectivity index (χ4n) is 1.74. The Morgan fingerprint density at radius 2 is 2.29 bits per heavy atom. The summed E-state index contributed by atoms with van der Waals surface area (Å²) in [5.41, 5.74) is 1.50. The molecule has 0 bridgehead atoms. The van der Waals surface area contributed by atoms with E-state index in [0.29, 0.717) is 11.8 Å². The second-order valence-electron chi connectivity index (χ2n) is 3.44. The number of hydrogen-bond donors (Lipinski definition) is 1. The molecule has 1 nitrogen and oxygen atoms in total. The average molecular weight is 228 g/mol. The van der Waals surface area contributed by atoms with Gasteiger partial charge in [0, 0.05) is 35.5 Å². The van der Waals surface area contributed by atoms with Crippen LogP contribution in [0.1, 0.15) is 11.5 Å². The first-order valence-electron chi connectivity index (χ1n) is 4.90. The molecule has 0 spiro atoms. The normalized spacial score (nSPS) is 19.6. The lowest BCUT2D eigenvalue weighted by atomic mass is 10.0. The first-order chi connectivity index (χ1) is 6.92. The molecular weight excluding hydrogens is 214 g/mol. The zero-order valence-electron chi connectivity index (χ0n) is 8.00. The molecular formula is C11H14ClNS. The zero-order valence-corrected chi connectivity index (χ0v) is 9.57. The lowest BCUT2D eigenvalue weighted by Crippen LogP contribution is -2.23. The molecule has 0 radical (unpaired) electrons.